The van der Waals surface area contributed by atoms with Gasteiger partial charge in [0.1, 0.15) is 5.76 Å². The summed E-state index contributed by atoms with van der Waals surface area (Å²) in [5, 5.41) is 0. The minimum Gasteiger partial charge on any atom is -0.464 e. The molecule has 2 aliphatic rings. The monoisotopic (exact) mass is 340 g/mol. The molecule has 0 amide bonds. The summed E-state index contributed by atoms with van der Waals surface area (Å²) in [5.41, 5.74) is 2.55. The van der Waals surface area contributed by atoms with Gasteiger partial charge < -0.3 is 9.15 Å². The van der Waals surface area contributed by atoms with E-state index in [1.54, 1.807) is 6.26 Å². The van der Waals surface area contributed by atoms with Gasteiger partial charge in [0.05, 0.1) is 19.5 Å². The van der Waals surface area contributed by atoms with Crippen LogP contribution in [0.15, 0.2) is 47.1 Å². The second-order valence-electron chi connectivity index (χ2n) is 7.21. The van der Waals surface area contributed by atoms with Crippen LogP contribution in [-0.2, 0) is 11.3 Å². The van der Waals surface area contributed by atoms with Crippen molar-refractivity contribution in [2.75, 3.05) is 39.4 Å². The summed E-state index contributed by atoms with van der Waals surface area (Å²) < 4.78 is 11.0. The molecule has 3 heterocycles. The highest BCUT2D eigenvalue weighted by atomic mass is 16.5. The summed E-state index contributed by atoms with van der Waals surface area (Å²) in [4.78, 5) is 5.26. The van der Waals surface area contributed by atoms with E-state index in [-0.39, 0.29) is 0 Å². The maximum atomic E-state index is 5.55. The smallest absolute Gasteiger partial charge is 0.133 e. The van der Waals surface area contributed by atoms with Gasteiger partial charge in [-0.25, -0.2) is 0 Å². The lowest BCUT2D eigenvalue weighted by molar-refractivity contribution is 0.0153. The van der Waals surface area contributed by atoms with Crippen molar-refractivity contribution in [3.05, 3.63) is 48.2 Å². The highest BCUT2D eigenvalue weighted by molar-refractivity contribution is 5.58. The number of ether oxygens (including phenoxy) is 1. The molecule has 0 spiro atoms. The summed E-state index contributed by atoms with van der Waals surface area (Å²) in [6.45, 7) is 7.36. The zero-order valence-electron chi connectivity index (χ0n) is 14.9. The van der Waals surface area contributed by atoms with Crippen molar-refractivity contribution in [3.63, 3.8) is 0 Å². The Morgan fingerprint density at radius 1 is 1.00 bits per heavy atom. The number of nitrogens with zero attached hydrogens (tertiary/aromatic N) is 2. The fourth-order valence-electron chi connectivity index (χ4n) is 4.06. The predicted octanol–water partition coefficient (Wildman–Crippen LogP) is 3.63. The lowest BCUT2D eigenvalue weighted by atomic mass is 9.99. The molecule has 1 aromatic carbocycles. The molecule has 1 aromatic heterocycles. The first-order valence-electron chi connectivity index (χ1n) is 9.55. The van der Waals surface area contributed by atoms with Crippen molar-refractivity contribution in [2.24, 2.45) is 0 Å². The molecule has 2 aliphatic heterocycles. The molecule has 1 atom stereocenters. The number of morpholine rings is 1. The van der Waals surface area contributed by atoms with E-state index in [0.717, 1.165) is 38.6 Å². The molecular formula is C21H28N2O2. The van der Waals surface area contributed by atoms with E-state index < -0.39 is 0 Å². The SMILES string of the molecule is c1cc(CN2CCCC[C@H]2CN2CCOCC2)cc(-c2ccco2)c1. The summed E-state index contributed by atoms with van der Waals surface area (Å²) in [6, 6.07) is 13.4. The number of rotatable bonds is 5. The third-order valence-electron chi connectivity index (χ3n) is 5.44. The Balaban J connectivity index is 1.43. The highest BCUT2D eigenvalue weighted by Gasteiger charge is 2.25. The van der Waals surface area contributed by atoms with Crippen LogP contribution in [0.25, 0.3) is 11.3 Å². The van der Waals surface area contributed by atoms with Gasteiger partial charge in [-0.1, -0.05) is 24.6 Å². The molecule has 0 saturated carbocycles. The second kappa shape index (κ2) is 8.17. The zero-order chi connectivity index (χ0) is 16.9. The number of likely N-dealkylation sites (tertiary alicyclic amines) is 1. The molecule has 0 radical (unpaired) electrons. The van der Waals surface area contributed by atoms with Gasteiger partial charge in [-0.15, -0.1) is 0 Å². The minimum absolute atomic E-state index is 0.666. The third kappa shape index (κ3) is 4.32. The fourth-order valence-corrected chi connectivity index (χ4v) is 4.06. The van der Waals surface area contributed by atoms with Crippen molar-refractivity contribution in [2.45, 2.75) is 31.8 Å². The molecule has 0 N–H and O–H groups in total. The minimum atomic E-state index is 0.666. The van der Waals surface area contributed by atoms with Crippen LogP contribution >= 0.6 is 0 Å². The molecule has 4 rings (SSSR count). The Morgan fingerprint density at radius 3 is 2.76 bits per heavy atom. The predicted molar refractivity (Wildman–Crippen MR) is 99.5 cm³/mol. The summed E-state index contributed by atoms with van der Waals surface area (Å²) in [6.07, 6.45) is 5.73. The van der Waals surface area contributed by atoms with Crippen LogP contribution in [0.5, 0.6) is 0 Å². The van der Waals surface area contributed by atoms with Gasteiger partial charge in [-0.2, -0.15) is 0 Å². The Kier molecular flexibility index (Phi) is 5.50. The molecule has 134 valence electrons. The first-order chi connectivity index (χ1) is 12.4. The average molecular weight is 340 g/mol. The van der Waals surface area contributed by atoms with Gasteiger partial charge in [-0.05, 0) is 43.1 Å². The molecule has 0 unspecified atom stereocenters. The van der Waals surface area contributed by atoms with E-state index in [4.69, 9.17) is 9.15 Å². The Morgan fingerprint density at radius 2 is 1.92 bits per heavy atom. The van der Waals surface area contributed by atoms with Gasteiger partial charge in [0.2, 0.25) is 0 Å². The van der Waals surface area contributed by atoms with Crippen LogP contribution < -0.4 is 0 Å². The van der Waals surface area contributed by atoms with E-state index in [1.807, 2.05) is 12.1 Å². The number of furan rings is 1. The van der Waals surface area contributed by atoms with Crippen molar-refractivity contribution in [1.82, 2.24) is 9.80 Å². The van der Waals surface area contributed by atoms with Crippen LogP contribution in [0.1, 0.15) is 24.8 Å². The molecule has 2 fully saturated rings. The maximum Gasteiger partial charge on any atom is 0.133 e. The Labute approximate surface area is 150 Å². The normalized spacial score (nSPS) is 23.0. The van der Waals surface area contributed by atoms with Crippen LogP contribution in [0, 0.1) is 0 Å². The van der Waals surface area contributed by atoms with Crippen LogP contribution in [-0.4, -0.2) is 55.2 Å². The van der Waals surface area contributed by atoms with Gasteiger partial charge >= 0.3 is 0 Å². The molecule has 2 aromatic rings. The lowest BCUT2D eigenvalue weighted by Crippen LogP contribution is -2.49. The molecule has 0 aliphatic carbocycles. The van der Waals surface area contributed by atoms with E-state index in [0.29, 0.717) is 6.04 Å². The lowest BCUT2D eigenvalue weighted by Gasteiger charge is -2.39. The fraction of sp³-hybridized carbons (Fsp3) is 0.524. The molecule has 25 heavy (non-hydrogen) atoms. The molecule has 0 bridgehead atoms. The van der Waals surface area contributed by atoms with Crippen molar-refractivity contribution in [3.8, 4) is 11.3 Å². The van der Waals surface area contributed by atoms with Gasteiger partial charge in [0, 0.05) is 37.8 Å². The second-order valence-corrected chi connectivity index (χ2v) is 7.21. The van der Waals surface area contributed by atoms with Crippen molar-refractivity contribution in [1.29, 1.82) is 0 Å². The van der Waals surface area contributed by atoms with E-state index in [1.165, 1.54) is 43.5 Å². The summed E-state index contributed by atoms with van der Waals surface area (Å²) in [5.74, 6) is 0.949. The van der Waals surface area contributed by atoms with Crippen molar-refractivity contribution >= 4 is 0 Å². The standard InChI is InChI=1S/C21H28N2O2/c1-2-9-23(20(7-1)17-22-10-13-24-14-11-22)16-18-5-3-6-19(15-18)21-8-4-12-25-21/h3-6,8,12,15,20H,1-2,7,9-11,13-14,16-17H2/t20-/m0/s1. The molecule has 4 nitrogen and oxygen atoms in total. The largest absolute Gasteiger partial charge is 0.464 e. The van der Waals surface area contributed by atoms with Crippen LogP contribution in [0.4, 0.5) is 0 Å². The Bertz CT molecular complexity index is 650. The number of hydrogen-bond acceptors (Lipinski definition) is 4. The van der Waals surface area contributed by atoms with E-state index >= 15 is 0 Å². The summed E-state index contributed by atoms with van der Waals surface area (Å²) >= 11 is 0. The zero-order valence-corrected chi connectivity index (χ0v) is 14.9. The van der Waals surface area contributed by atoms with E-state index in [9.17, 15) is 0 Å². The first-order valence-corrected chi connectivity index (χ1v) is 9.55. The average Bonchev–Trinajstić information content (AvgIpc) is 3.19. The van der Waals surface area contributed by atoms with Crippen LogP contribution in [0.3, 0.4) is 0 Å². The summed E-state index contributed by atoms with van der Waals surface area (Å²) in [7, 11) is 0. The van der Waals surface area contributed by atoms with Gasteiger partial charge in [0.15, 0.2) is 0 Å². The number of benzene rings is 1. The number of hydrogen-bond donors (Lipinski definition) is 0. The molecular weight excluding hydrogens is 312 g/mol. The molecule has 4 heteroatoms. The quantitative estimate of drug-likeness (QED) is 0.831. The number of piperidine rings is 1. The van der Waals surface area contributed by atoms with Crippen LogP contribution in [0.2, 0.25) is 0 Å². The first kappa shape index (κ1) is 16.8. The third-order valence-corrected chi connectivity index (χ3v) is 5.44. The van der Waals surface area contributed by atoms with Crippen molar-refractivity contribution < 1.29 is 9.15 Å². The topological polar surface area (TPSA) is 28.9 Å². The highest BCUT2D eigenvalue weighted by Crippen LogP contribution is 2.24. The van der Waals surface area contributed by atoms with Gasteiger partial charge in [0.25, 0.3) is 0 Å². The maximum absolute atomic E-state index is 5.55. The van der Waals surface area contributed by atoms with Gasteiger partial charge in [-0.3, -0.25) is 9.80 Å². The van der Waals surface area contributed by atoms with E-state index in [2.05, 4.69) is 34.1 Å². The Hall–Kier alpha value is -1.62. The molecule has 2 saturated heterocycles.